The highest BCUT2D eigenvalue weighted by atomic mass is 19.1. The molecule has 0 spiro atoms. The van der Waals surface area contributed by atoms with E-state index < -0.39 is 0 Å². The minimum absolute atomic E-state index is 0.113. The topological polar surface area (TPSA) is 12.0 Å². The van der Waals surface area contributed by atoms with E-state index in [2.05, 4.69) is 5.32 Å². The molecule has 1 nitrogen and oxygen atoms in total. The molecule has 2 heteroatoms. The molecule has 1 aromatic carbocycles. The van der Waals surface area contributed by atoms with E-state index in [1.54, 1.807) is 12.1 Å². The molecule has 1 aliphatic heterocycles. The molecule has 0 radical (unpaired) electrons. The summed E-state index contributed by atoms with van der Waals surface area (Å²) in [5.41, 5.74) is 1.13. The Morgan fingerprint density at radius 1 is 1.27 bits per heavy atom. The summed E-state index contributed by atoms with van der Waals surface area (Å²) in [5, 5.41) is 3.36. The molecular weight excluding hydrogens is 189 g/mol. The Hall–Kier alpha value is -0.890. The van der Waals surface area contributed by atoms with E-state index in [0.29, 0.717) is 0 Å². The molecule has 0 saturated carbocycles. The van der Waals surface area contributed by atoms with Gasteiger partial charge in [0.05, 0.1) is 0 Å². The van der Waals surface area contributed by atoms with Crippen molar-refractivity contribution in [2.24, 2.45) is 5.92 Å². The molecule has 15 heavy (non-hydrogen) atoms. The van der Waals surface area contributed by atoms with Crippen molar-refractivity contribution in [3.8, 4) is 0 Å². The van der Waals surface area contributed by atoms with E-state index >= 15 is 0 Å². The molecule has 0 bridgehead atoms. The molecule has 1 fully saturated rings. The molecule has 0 aliphatic carbocycles. The van der Waals surface area contributed by atoms with Gasteiger partial charge in [0.25, 0.3) is 0 Å². The number of hydrogen-bond donors (Lipinski definition) is 1. The molecule has 0 atom stereocenters. The van der Waals surface area contributed by atoms with Crippen molar-refractivity contribution in [3.05, 3.63) is 35.6 Å². The van der Waals surface area contributed by atoms with Gasteiger partial charge in [-0.15, -0.1) is 0 Å². The van der Waals surface area contributed by atoms with Gasteiger partial charge in [0.15, 0.2) is 0 Å². The van der Waals surface area contributed by atoms with Gasteiger partial charge in [0.2, 0.25) is 0 Å². The lowest BCUT2D eigenvalue weighted by Crippen LogP contribution is -2.27. The van der Waals surface area contributed by atoms with Crippen LogP contribution in [0.3, 0.4) is 0 Å². The van der Waals surface area contributed by atoms with E-state index in [9.17, 15) is 4.39 Å². The second kappa shape index (κ2) is 5.26. The Kier molecular flexibility index (Phi) is 3.73. The molecule has 82 valence electrons. The zero-order valence-electron chi connectivity index (χ0n) is 9.01. The summed E-state index contributed by atoms with van der Waals surface area (Å²) in [4.78, 5) is 0. The molecule has 2 rings (SSSR count). The van der Waals surface area contributed by atoms with Gasteiger partial charge in [0, 0.05) is 0 Å². The molecule has 1 aromatic rings. The highest BCUT2D eigenvalue weighted by Crippen LogP contribution is 2.18. The van der Waals surface area contributed by atoms with E-state index in [1.165, 1.54) is 25.3 Å². The smallest absolute Gasteiger partial charge is 0.123 e. The lowest BCUT2D eigenvalue weighted by molar-refractivity contribution is 0.354. The number of benzene rings is 1. The minimum Gasteiger partial charge on any atom is -0.317 e. The quantitative estimate of drug-likeness (QED) is 0.803. The average molecular weight is 207 g/mol. The van der Waals surface area contributed by atoms with Gasteiger partial charge in [0.1, 0.15) is 5.82 Å². The fourth-order valence-electron chi connectivity index (χ4n) is 2.23. The maximum absolute atomic E-state index is 12.9. The van der Waals surface area contributed by atoms with Crippen LogP contribution >= 0.6 is 0 Å². The fraction of sp³-hybridized carbons (Fsp3) is 0.538. The molecular formula is C13H18FN. The van der Waals surface area contributed by atoms with Crippen LogP contribution in [0.25, 0.3) is 0 Å². The van der Waals surface area contributed by atoms with Crippen LogP contribution in [-0.4, -0.2) is 13.1 Å². The molecule has 0 unspecified atom stereocenters. The van der Waals surface area contributed by atoms with Gasteiger partial charge in [-0.25, -0.2) is 4.39 Å². The van der Waals surface area contributed by atoms with Crippen LogP contribution in [0.15, 0.2) is 24.3 Å². The first-order chi connectivity index (χ1) is 7.34. The summed E-state index contributed by atoms with van der Waals surface area (Å²) in [6, 6.07) is 6.98. The Balaban J connectivity index is 1.81. The normalized spacial score (nSPS) is 17.9. The standard InChI is InChI=1S/C13H18FN/c14-13-3-1-2-12(10-13)5-4-11-6-8-15-9-7-11/h1-3,10-11,15H,4-9H2. The fourth-order valence-corrected chi connectivity index (χ4v) is 2.23. The molecule has 1 aliphatic rings. The lowest BCUT2D eigenvalue weighted by Gasteiger charge is -2.22. The lowest BCUT2D eigenvalue weighted by atomic mass is 9.91. The number of aryl methyl sites for hydroxylation is 1. The van der Waals surface area contributed by atoms with Gasteiger partial charge in [-0.05, 0) is 62.4 Å². The van der Waals surface area contributed by atoms with Crippen LogP contribution in [0, 0.1) is 11.7 Å². The maximum atomic E-state index is 12.9. The Bertz CT molecular complexity index is 305. The first-order valence-electron chi connectivity index (χ1n) is 5.80. The van der Waals surface area contributed by atoms with Gasteiger partial charge < -0.3 is 5.32 Å². The number of rotatable bonds is 3. The van der Waals surface area contributed by atoms with Crippen LogP contribution < -0.4 is 5.32 Å². The van der Waals surface area contributed by atoms with Crippen molar-refractivity contribution >= 4 is 0 Å². The van der Waals surface area contributed by atoms with Gasteiger partial charge in [-0.2, -0.15) is 0 Å². The minimum atomic E-state index is -0.113. The van der Waals surface area contributed by atoms with Crippen LogP contribution in [0.4, 0.5) is 4.39 Å². The summed E-state index contributed by atoms with van der Waals surface area (Å²) in [6.45, 7) is 2.29. The Morgan fingerprint density at radius 2 is 2.07 bits per heavy atom. The zero-order valence-corrected chi connectivity index (χ0v) is 9.01. The maximum Gasteiger partial charge on any atom is 0.123 e. The van der Waals surface area contributed by atoms with Crippen molar-refractivity contribution in [1.82, 2.24) is 5.32 Å². The van der Waals surface area contributed by atoms with Gasteiger partial charge in [-0.3, -0.25) is 0 Å². The third-order valence-electron chi connectivity index (χ3n) is 3.19. The van der Waals surface area contributed by atoms with Crippen molar-refractivity contribution in [3.63, 3.8) is 0 Å². The highest BCUT2D eigenvalue weighted by molar-refractivity contribution is 5.16. The van der Waals surface area contributed by atoms with Crippen molar-refractivity contribution in [2.45, 2.75) is 25.7 Å². The van der Waals surface area contributed by atoms with Crippen LogP contribution in [-0.2, 0) is 6.42 Å². The number of hydrogen-bond acceptors (Lipinski definition) is 1. The SMILES string of the molecule is Fc1cccc(CCC2CCNCC2)c1. The Labute approximate surface area is 90.7 Å². The Morgan fingerprint density at radius 3 is 2.80 bits per heavy atom. The molecule has 0 amide bonds. The van der Waals surface area contributed by atoms with Crippen LogP contribution in [0.1, 0.15) is 24.8 Å². The van der Waals surface area contributed by atoms with E-state index in [0.717, 1.165) is 31.0 Å². The van der Waals surface area contributed by atoms with Crippen molar-refractivity contribution in [1.29, 1.82) is 0 Å². The van der Waals surface area contributed by atoms with E-state index in [-0.39, 0.29) is 5.82 Å². The number of nitrogens with one attached hydrogen (secondary N) is 1. The summed E-state index contributed by atoms with van der Waals surface area (Å²) >= 11 is 0. The second-order valence-corrected chi connectivity index (χ2v) is 4.36. The summed E-state index contributed by atoms with van der Waals surface area (Å²) in [7, 11) is 0. The summed E-state index contributed by atoms with van der Waals surface area (Å²) in [5.74, 6) is 0.715. The van der Waals surface area contributed by atoms with E-state index in [4.69, 9.17) is 0 Å². The van der Waals surface area contributed by atoms with Crippen molar-refractivity contribution < 1.29 is 4.39 Å². The molecule has 1 N–H and O–H groups in total. The first-order valence-corrected chi connectivity index (χ1v) is 5.80. The van der Waals surface area contributed by atoms with Gasteiger partial charge in [-0.1, -0.05) is 12.1 Å². The van der Waals surface area contributed by atoms with Crippen LogP contribution in [0.5, 0.6) is 0 Å². The molecule has 0 aromatic heterocycles. The predicted molar refractivity (Wildman–Crippen MR) is 60.3 cm³/mol. The van der Waals surface area contributed by atoms with Crippen molar-refractivity contribution in [2.75, 3.05) is 13.1 Å². The third-order valence-corrected chi connectivity index (χ3v) is 3.19. The highest BCUT2D eigenvalue weighted by Gasteiger charge is 2.12. The number of halogens is 1. The number of piperidine rings is 1. The second-order valence-electron chi connectivity index (χ2n) is 4.36. The van der Waals surface area contributed by atoms with Gasteiger partial charge >= 0.3 is 0 Å². The monoisotopic (exact) mass is 207 g/mol. The predicted octanol–water partition coefficient (Wildman–Crippen LogP) is 2.76. The third kappa shape index (κ3) is 3.31. The molecule has 1 heterocycles. The molecule has 1 saturated heterocycles. The van der Waals surface area contributed by atoms with E-state index in [1.807, 2.05) is 6.07 Å². The average Bonchev–Trinajstić information content (AvgIpc) is 2.28. The summed E-state index contributed by atoms with van der Waals surface area (Å²) < 4.78 is 12.9. The first kappa shape index (κ1) is 10.6. The van der Waals surface area contributed by atoms with Crippen LogP contribution in [0.2, 0.25) is 0 Å². The summed E-state index contributed by atoms with van der Waals surface area (Å²) in [6.07, 6.45) is 4.76. The zero-order chi connectivity index (χ0) is 10.5. The largest absolute Gasteiger partial charge is 0.317 e.